The molecule has 2 heterocycles. The van der Waals surface area contributed by atoms with Crippen molar-refractivity contribution in [2.24, 2.45) is 0 Å². The first-order valence-electron chi connectivity index (χ1n) is 9.28. The Bertz CT molecular complexity index is 890. The molecule has 2 N–H and O–H groups in total. The molecule has 1 aromatic heterocycles. The smallest absolute Gasteiger partial charge is 0.290 e. The molecule has 0 bridgehead atoms. The number of rotatable bonds is 8. The number of thiophene rings is 1. The van der Waals surface area contributed by atoms with E-state index in [1.807, 2.05) is 45.3 Å². The molecule has 28 heavy (non-hydrogen) atoms. The average molecular weight is 402 g/mol. The van der Waals surface area contributed by atoms with E-state index in [0.717, 1.165) is 5.56 Å². The summed E-state index contributed by atoms with van der Waals surface area (Å²) in [4.78, 5) is 29.2. The highest BCUT2D eigenvalue weighted by atomic mass is 32.1. The Balaban J connectivity index is 2.05. The monoisotopic (exact) mass is 401 g/mol. The van der Waals surface area contributed by atoms with E-state index in [-0.39, 0.29) is 11.4 Å². The van der Waals surface area contributed by atoms with Gasteiger partial charge in [0.2, 0.25) is 5.78 Å². The van der Waals surface area contributed by atoms with Gasteiger partial charge in [-0.05, 0) is 36.1 Å². The van der Waals surface area contributed by atoms with Gasteiger partial charge in [-0.15, -0.1) is 11.3 Å². The standard InChI is InChI=1S/C21H24N2O4S/c1-4-27-15-8-5-7-14(13-15)18-17(19(24)16-9-6-12-28-16)20(25)21(26)23(18)11-10-22(2)3/h5-9,12-13,18,25H,4,10-11H2,1-3H3/p+1/t18-/m1/s1. The molecule has 0 saturated carbocycles. The van der Waals surface area contributed by atoms with E-state index >= 15 is 0 Å². The van der Waals surface area contributed by atoms with Crippen LogP contribution in [0.1, 0.15) is 28.2 Å². The Morgan fingerprint density at radius 2 is 2.07 bits per heavy atom. The zero-order chi connectivity index (χ0) is 20.3. The van der Waals surface area contributed by atoms with Gasteiger partial charge in [0.15, 0.2) is 5.76 Å². The van der Waals surface area contributed by atoms with Gasteiger partial charge in [-0.3, -0.25) is 9.59 Å². The number of hydrogen-bond acceptors (Lipinski definition) is 5. The first-order chi connectivity index (χ1) is 13.4. The van der Waals surface area contributed by atoms with Gasteiger partial charge in [0.25, 0.3) is 5.91 Å². The summed E-state index contributed by atoms with van der Waals surface area (Å²) in [5.41, 5.74) is 0.881. The third kappa shape index (κ3) is 3.95. The van der Waals surface area contributed by atoms with Gasteiger partial charge in [-0.1, -0.05) is 18.2 Å². The second-order valence-electron chi connectivity index (χ2n) is 6.93. The van der Waals surface area contributed by atoms with Crippen molar-refractivity contribution in [1.82, 2.24) is 4.90 Å². The Kier molecular flexibility index (Phi) is 6.16. The summed E-state index contributed by atoms with van der Waals surface area (Å²) < 4.78 is 5.59. The van der Waals surface area contributed by atoms with E-state index in [0.29, 0.717) is 30.3 Å². The van der Waals surface area contributed by atoms with Crippen molar-refractivity contribution < 1.29 is 24.3 Å². The molecule has 1 atom stereocenters. The number of quaternary nitrogens is 1. The predicted octanol–water partition coefficient (Wildman–Crippen LogP) is 1.87. The molecule has 0 aliphatic carbocycles. The van der Waals surface area contributed by atoms with E-state index in [1.54, 1.807) is 22.4 Å². The fourth-order valence-electron chi connectivity index (χ4n) is 3.29. The molecular weight excluding hydrogens is 376 g/mol. The van der Waals surface area contributed by atoms with Crippen LogP contribution in [0, 0.1) is 0 Å². The molecule has 0 fully saturated rings. The topological polar surface area (TPSA) is 71.3 Å². The van der Waals surface area contributed by atoms with Crippen LogP contribution in [0.3, 0.4) is 0 Å². The normalized spacial score (nSPS) is 16.9. The Morgan fingerprint density at radius 3 is 2.71 bits per heavy atom. The Hall–Kier alpha value is -2.64. The van der Waals surface area contributed by atoms with Gasteiger partial charge >= 0.3 is 0 Å². The molecule has 1 amide bonds. The number of Topliss-reactive ketones (excluding diaryl/α,β-unsaturated/α-hetero) is 1. The van der Waals surface area contributed by atoms with Crippen molar-refractivity contribution in [1.29, 1.82) is 0 Å². The molecule has 1 aromatic carbocycles. The molecule has 148 valence electrons. The number of likely N-dealkylation sites (N-methyl/N-ethyl adjacent to an activating group) is 1. The number of carbonyl (C=O) groups is 2. The van der Waals surface area contributed by atoms with Crippen molar-refractivity contribution >= 4 is 23.0 Å². The average Bonchev–Trinajstić information content (AvgIpc) is 3.28. The van der Waals surface area contributed by atoms with Crippen molar-refractivity contribution in [3.63, 3.8) is 0 Å². The number of ketones is 1. The minimum atomic E-state index is -0.637. The maximum absolute atomic E-state index is 13.1. The molecular formula is C21H25N2O4S+. The third-order valence-electron chi connectivity index (χ3n) is 4.63. The number of carbonyl (C=O) groups excluding carboxylic acids is 2. The van der Waals surface area contributed by atoms with Crippen LogP contribution in [0.25, 0.3) is 0 Å². The summed E-state index contributed by atoms with van der Waals surface area (Å²) in [7, 11) is 3.99. The Labute approximate surface area is 168 Å². The number of aliphatic hydroxyl groups is 1. The lowest BCUT2D eigenvalue weighted by Crippen LogP contribution is -3.06. The third-order valence-corrected chi connectivity index (χ3v) is 5.50. The second-order valence-corrected chi connectivity index (χ2v) is 7.88. The van der Waals surface area contributed by atoms with Gasteiger partial charge in [0.1, 0.15) is 5.75 Å². The second kappa shape index (κ2) is 8.58. The van der Waals surface area contributed by atoms with E-state index in [4.69, 9.17) is 4.74 Å². The number of hydrogen-bond donors (Lipinski definition) is 2. The maximum atomic E-state index is 13.1. The molecule has 2 aromatic rings. The van der Waals surface area contributed by atoms with E-state index in [2.05, 4.69) is 0 Å². The fraction of sp³-hybridized carbons (Fsp3) is 0.333. The zero-order valence-corrected chi connectivity index (χ0v) is 17.1. The zero-order valence-electron chi connectivity index (χ0n) is 16.3. The molecule has 0 saturated heterocycles. The summed E-state index contributed by atoms with van der Waals surface area (Å²) in [6.07, 6.45) is 0. The molecule has 7 heteroatoms. The van der Waals surface area contributed by atoms with Crippen molar-refractivity contribution in [3.8, 4) is 5.75 Å². The molecule has 6 nitrogen and oxygen atoms in total. The highest BCUT2D eigenvalue weighted by molar-refractivity contribution is 7.12. The van der Waals surface area contributed by atoms with Gasteiger partial charge < -0.3 is 19.6 Å². The van der Waals surface area contributed by atoms with Gasteiger partial charge in [-0.25, -0.2) is 0 Å². The van der Waals surface area contributed by atoms with Crippen molar-refractivity contribution in [3.05, 3.63) is 63.6 Å². The van der Waals surface area contributed by atoms with E-state index < -0.39 is 17.7 Å². The first kappa shape index (κ1) is 20.1. The molecule has 1 aliphatic rings. The number of nitrogens with zero attached hydrogens (tertiary/aromatic N) is 1. The van der Waals surface area contributed by atoms with Crippen LogP contribution in [0.5, 0.6) is 5.75 Å². The molecule has 0 spiro atoms. The SMILES string of the molecule is CCOc1cccc([C@@H]2C(C(=O)c3cccs3)=C(O)C(=O)N2CC[NH+](C)C)c1. The van der Waals surface area contributed by atoms with E-state index in [1.165, 1.54) is 16.2 Å². The Morgan fingerprint density at radius 1 is 1.29 bits per heavy atom. The van der Waals surface area contributed by atoms with Crippen molar-refractivity contribution in [2.45, 2.75) is 13.0 Å². The number of amides is 1. The highest BCUT2D eigenvalue weighted by Crippen LogP contribution is 2.40. The minimum Gasteiger partial charge on any atom is -0.503 e. The first-order valence-corrected chi connectivity index (χ1v) is 10.2. The molecule has 0 unspecified atom stereocenters. The molecule has 0 radical (unpaired) electrons. The van der Waals surface area contributed by atoms with Crippen molar-refractivity contribution in [2.75, 3.05) is 33.8 Å². The van der Waals surface area contributed by atoms with E-state index in [9.17, 15) is 14.7 Å². The quantitative estimate of drug-likeness (QED) is 0.663. The highest BCUT2D eigenvalue weighted by Gasteiger charge is 2.44. The van der Waals surface area contributed by atoms with Crippen LogP contribution in [-0.2, 0) is 4.79 Å². The van der Waals surface area contributed by atoms with Gasteiger partial charge in [-0.2, -0.15) is 0 Å². The van der Waals surface area contributed by atoms with Crippen LogP contribution in [-0.4, -0.2) is 55.5 Å². The lowest BCUT2D eigenvalue weighted by Gasteiger charge is -2.27. The molecule has 3 rings (SSSR count). The summed E-state index contributed by atoms with van der Waals surface area (Å²) in [6.45, 7) is 3.54. The van der Waals surface area contributed by atoms with Gasteiger partial charge in [0, 0.05) is 0 Å². The van der Waals surface area contributed by atoms with Crippen LogP contribution >= 0.6 is 11.3 Å². The van der Waals surface area contributed by atoms with Crippen LogP contribution in [0.4, 0.5) is 0 Å². The van der Waals surface area contributed by atoms with Crippen LogP contribution in [0.15, 0.2) is 53.1 Å². The summed E-state index contributed by atoms with van der Waals surface area (Å²) in [5, 5.41) is 12.4. The summed E-state index contributed by atoms with van der Waals surface area (Å²) >= 11 is 1.30. The van der Waals surface area contributed by atoms with Crippen LogP contribution in [0.2, 0.25) is 0 Å². The number of nitrogens with one attached hydrogen (secondary N) is 1. The fourth-order valence-corrected chi connectivity index (χ4v) is 3.97. The molecule has 1 aliphatic heterocycles. The number of benzene rings is 1. The van der Waals surface area contributed by atoms with Gasteiger partial charge in [0.05, 0.1) is 50.3 Å². The number of ether oxygens (including phenoxy) is 1. The largest absolute Gasteiger partial charge is 0.503 e. The summed E-state index contributed by atoms with van der Waals surface area (Å²) in [6, 6.07) is 10.2. The number of aliphatic hydroxyl groups excluding tert-OH is 1. The maximum Gasteiger partial charge on any atom is 0.290 e. The minimum absolute atomic E-state index is 0.134. The van der Waals surface area contributed by atoms with Crippen LogP contribution < -0.4 is 9.64 Å². The summed E-state index contributed by atoms with van der Waals surface area (Å²) in [5.74, 6) is -0.612. The predicted molar refractivity (Wildman–Crippen MR) is 108 cm³/mol. The lowest BCUT2D eigenvalue weighted by molar-refractivity contribution is -0.857. The lowest BCUT2D eigenvalue weighted by atomic mass is 9.95.